The van der Waals surface area contributed by atoms with E-state index in [0.29, 0.717) is 0 Å². The summed E-state index contributed by atoms with van der Waals surface area (Å²) in [4.78, 5) is 30.7. The van der Waals surface area contributed by atoms with Crippen molar-refractivity contribution in [2.24, 2.45) is 0 Å². The molecule has 6 rings (SSSR count). The monoisotopic (exact) mass is 857 g/mol. The Hall–Kier alpha value is -5.07. The number of aromatic amines is 1. The first-order valence-corrected chi connectivity index (χ1v) is 16.7. The highest BCUT2D eigenvalue weighted by molar-refractivity contribution is 9.11. The summed E-state index contributed by atoms with van der Waals surface area (Å²) in [6, 6.07) is 19.3. The lowest BCUT2D eigenvalue weighted by Crippen LogP contribution is -1.94. The summed E-state index contributed by atoms with van der Waals surface area (Å²) in [5.74, 6) is 0. The molecule has 0 bridgehead atoms. The Morgan fingerprint density at radius 3 is 1.35 bits per heavy atom. The minimum absolute atomic E-state index is 0.0639. The van der Waals surface area contributed by atoms with Crippen molar-refractivity contribution in [3.63, 3.8) is 0 Å². The van der Waals surface area contributed by atoms with E-state index in [0.717, 1.165) is 60.3 Å². The first-order valence-electron chi connectivity index (χ1n) is 14.3. The molecule has 0 aliphatic rings. The van der Waals surface area contributed by atoms with E-state index in [1.54, 1.807) is 52.0 Å². The molecule has 0 unspecified atom stereocenters. The fourth-order valence-corrected chi connectivity index (χ4v) is 5.80. The molecule has 1 N–H and O–H groups in total. The lowest BCUT2D eigenvalue weighted by Gasteiger charge is -1.98. The van der Waals surface area contributed by atoms with Crippen molar-refractivity contribution in [2.45, 2.75) is 26.9 Å². The molecular formula is C31H26Br3N9O6. The van der Waals surface area contributed by atoms with Gasteiger partial charge in [-0.2, -0.15) is 15.3 Å². The van der Waals surface area contributed by atoms with Crippen molar-refractivity contribution in [1.82, 2.24) is 29.8 Å². The van der Waals surface area contributed by atoms with E-state index in [9.17, 15) is 30.3 Å². The maximum Gasteiger partial charge on any atom is 0.270 e. The number of nitro groups is 3. The normalized spacial score (nSPS) is 10.4. The number of aromatic nitrogens is 6. The molecule has 0 spiro atoms. The minimum atomic E-state index is -0.423. The molecule has 0 radical (unpaired) electrons. The predicted molar refractivity (Wildman–Crippen MR) is 194 cm³/mol. The zero-order valence-corrected chi connectivity index (χ0v) is 30.5. The molecule has 15 nitrogen and oxygen atoms in total. The van der Waals surface area contributed by atoms with E-state index in [1.165, 1.54) is 36.4 Å². The van der Waals surface area contributed by atoms with E-state index in [2.05, 4.69) is 68.2 Å². The van der Waals surface area contributed by atoms with Crippen LogP contribution in [0.25, 0.3) is 33.8 Å². The van der Waals surface area contributed by atoms with Crippen molar-refractivity contribution >= 4 is 64.9 Å². The Balaban J connectivity index is 0.000000166. The average Bonchev–Trinajstić information content (AvgIpc) is 3.82. The van der Waals surface area contributed by atoms with Crippen LogP contribution in [0.1, 0.15) is 13.8 Å². The summed E-state index contributed by atoms with van der Waals surface area (Å²) in [6.07, 6.45) is 5.32. The first kappa shape index (κ1) is 36.8. The number of non-ortho nitro benzene ring substituents is 3. The number of aryl methyl sites for hydroxylation is 2. The molecule has 3 aromatic carbocycles. The number of H-pyrrole nitrogens is 1. The summed E-state index contributed by atoms with van der Waals surface area (Å²) >= 11 is 10.1. The van der Waals surface area contributed by atoms with Gasteiger partial charge in [-0.3, -0.25) is 44.8 Å². The highest BCUT2D eigenvalue weighted by Gasteiger charge is 2.14. The fraction of sp³-hybridized carbons (Fsp3) is 0.129. The van der Waals surface area contributed by atoms with E-state index >= 15 is 0 Å². The molecule has 49 heavy (non-hydrogen) atoms. The Morgan fingerprint density at radius 2 is 1.02 bits per heavy atom. The van der Waals surface area contributed by atoms with Gasteiger partial charge in [0.2, 0.25) is 0 Å². The van der Waals surface area contributed by atoms with Crippen molar-refractivity contribution < 1.29 is 14.8 Å². The molecule has 3 heterocycles. The Labute approximate surface area is 303 Å². The number of rotatable bonds is 8. The van der Waals surface area contributed by atoms with Gasteiger partial charge in [0, 0.05) is 78.6 Å². The van der Waals surface area contributed by atoms with Gasteiger partial charge in [-0.25, -0.2) is 0 Å². The van der Waals surface area contributed by atoms with Crippen LogP contribution < -0.4 is 0 Å². The van der Waals surface area contributed by atoms with Gasteiger partial charge in [0.15, 0.2) is 0 Å². The molecular weight excluding hydrogens is 834 g/mol. The van der Waals surface area contributed by atoms with Crippen LogP contribution in [0.15, 0.2) is 105 Å². The molecule has 0 saturated heterocycles. The second-order valence-electron chi connectivity index (χ2n) is 9.88. The van der Waals surface area contributed by atoms with Gasteiger partial charge in [0.05, 0.1) is 40.1 Å². The SMILES string of the molecule is CCn1cc(Br)c(-c2cccc([N+](=O)[O-])c2)n1.CCn1cc(Br)c(-c2cccc([N+](=O)[O-])c2)n1.O=[N+]([O-])c1cccc(-c2[nH]ncc2Br)c1. The summed E-state index contributed by atoms with van der Waals surface area (Å²) < 4.78 is 6.00. The number of nitrogens with zero attached hydrogens (tertiary/aromatic N) is 8. The van der Waals surface area contributed by atoms with Crippen molar-refractivity contribution in [1.29, 1.82) is 0 Å². The van der Waals surface area contributed by atoms with Crippen molar-refractivity contribution in [2.75, 3.05) is 0 Å². The average molecular weight is 860 g/mol. The quantitative estimate of drug-likeness (QED) is 0.115. The van der Waals surface area contributed by atoms with Crippen molar-refractivity contribution in [3.05, 3.63) is 135 Å². The largest absolute Gasteiger partial charge is 0.277 e. The van der Waals surface area contributed by atoms with Crippen LogP contribution in [0.3, 0.4) is 0 Å². The molecule has 0 amide bonds. The van der Waals surface area contributed by atoms with Gasteiger partial charge in [0.25, 0.3) is 17.1 Å². The summed E-state index contributed by atoms with van der Waals surface area (Å²) in [7, 11) is 0. The van der Waals surface area contributed by atoms with Crippen LogP contribution in [-0.4, -0.2) is 44.5 Å². The second kappa shape index (κ2) is 16.8. The van der Waals surface area contributed by atoms with E-state index in [4.69, 9.17) is 0 Å². The van der Waals surface area contributed by atoms with E-state index in [1.807, 2.05) is 26.2 Å². The lowest BCUT2D eigenvalue weighted by molar-refractivity contribution is -0.385. The highest BCUT2D eigenvalue weighted by atomic mass is 79.9. The zero-order chi connectivity index (χ0) is 35.7. The number of hydrogen-bond donors (Lipinski definition) is 1. The maximum absolute atomic E-state index is 10.7. The lowest BCUT2D eigenvalue weighted by atomic mass is 10.1. The van der Waals surface area contributed by atoms with E-state index < -0.39 is 14.8 Å². The first-order chi connectivity index (χ1) is 23.4. The van der Waals surface area contributed by atoms with Crippen molar-refractivity contribution in [3.8, 4) is 33.8 Å². The fourth-order valence-electron chi connectivity index (χ4n) is 4.29. The third-order valence-electron chi connectivity index (χ3n) is 6.68. The van der Waals surface area contributed by atoms with Gasteiger partial charge >= 0.3 is 0 Å². The smallest absolute Gasteiger partial charge is 0.270 e. The molecule has 0 saturated carbocycles. The number of hydrogen-bond acceptors (Lipinski definition) is 9. The summed E-state index contributed by atoms with van der Waals surface area (Å²) in [5.41, 5.74) is 4.57. The Morgan fingerprint density at radius 1 is 0.633 bits per heavy atom. The van der Waals surface area contributed by atoms with E-state index in [-0.39, 0.29) is 17.1 Å². The molecule has 0 fully saturated rings. The summed E-state index contributed by atoms with van der Waals surface area (Å²) in [6.45, 7) is 5.48. The highest BCUT2D eigenvalue weighted by Crippen LogP contribution is 2.31. The molecule has 6 aromatic rings. The molecule has 0 aliphatic carbocycles. The molecule has 0 atom stereocenters. The molecule has 18 heteroatoms. The molecule has 3 aromatic heterocycles. The Kier molecular flexibility index (Phi) is 12.6. The number of nitrogens with one attached hydrogen (secondary N) is 1. The minimum Gasteiger partial charge on any atom is -0.277 e. The van der Waals surface area contributed by atoms with Crippen LogP contribution in [-0.2, 0) is 13.1 Å². The van der Waals surface area contributed by atoms with Crippen LogP contribution in [0.4, 0.5) is 17.1 Å². The van der Waals surface area contributed by atoms with Gasteiger partial charge < -0.3 is 0 Å². The summed E-state index contributed by atoms with van der Waals surface area (Å²) in [5, 5.41) is 47.3. The number of halogens is 3. The van der Waals surface area contributed by atoms with Gasteiger partial charge in [-0.1, -0.05) is 36.4 Å². The third kappa shape index (κ3) is 9.52. The van der Waals surface area contributed by atoms with Crippen LogP contribution in [0.5, 0.6) is 0 Å². The third-order valence-corrected chi connectivity index (χ3v) is 8.44. The van der Waals surface area contributed by atoms with Crippen LogP contribution in [0.2, 0.25) is 0 Å². The van der Waals surface area contributed by atoms with Crippen LogP contribution in [0, 0.1) is 30.3 Å². The maximum atomic E-state index is 10.7. The number of nitro benzene ring substituents is 3. The van der Waals surface area contributed by atoms with Crippen LogP contribution >= 0.6 is 47.8 Å². The predicted octanol–water partition coefficient (Wildman–Crippen LogP) is 9.23. The van der Waals surface area contributed by atoms with Gasteiger partial charge in [-0.05, 0) is 61.6 Å². The molecule has 0 aliphatic heterocycles. The van der Waals surface area contributed by atoms with Gasteiger partial charge in [0.1, 0.15) is 11.4 Å². The van der Waals surface area contributed by atoms with Gasteiger partial charge in [-0.15, -0.1) is 0 Å². The Bertz CT molecular complexity index is 2010. The topological polar surface area (TPSA) is 194 Å². The standard InChI is InChI=1S/2C11H10BrN3O2.C9H6BrN3O2/c2*1-2-14-7-10(12)11(13-14)8-4-3-5-9(6-8)15(16)17;10-8-5-11-12-9(8)6-2-1-3-7(4-6)13(14)15/h2*3-7H,2H2,1H3;1-5H,(H,11,12). The molecule has 252 valence electrons. The zero-order valence-electron chi connectivity index (χ0n) is 25.7. The number of benzene rings is 3. The second-order valence-corrected chi connectivity index (χ2v) is 12.4.